The summed E-state index contributed by atoms with van der Waals surface area (Å²) in [5, 5.41) is 10.7. The predicted molar refractivity (Wildman–Crippen MR) is 64.4 cm³/mol. The molecule has 0 aliphatic heterocycles. The minimum Gasteiger partial charge on any atom is -0.192 e. The average molecular weight is 211 g/mol. The summed E-state index contributed by atoms with van der Waals surface area (Å²) < 4.78 is 0. The summed E-state index contributed by atoms with van der Waals surface area (Å²) >= 11 is 1.71. The van der Waals surface area contributed by atoms with E-state index in [1.807, 2.05) is 36.4 Å². The standard InChI is InChI=1S/C13H9NS/c14-10-12-5-3-11(4-6-12)7-8-13-2-1-9-15-13/h1-9H/b8-7+. The highest BCUT2D eigenvalue weighted by atomic mass is 32.1. The Bertz CT molecular complexity index is 486. The van der Waals surface area contributed by atoms with Crippen LogP contribution in [-0.2, 0) is 0 Å². The lowest BCUT2D eigenvalue weighted by molar-refractivity contribution is 1.48. The molecule has 0 saturated carbocycles. The van der Waals surface area contributed by atoms with Crippen LogP contribution in [0, 0.1) is 11.3 Å². The topological polar surface area (TPSA) is 23.8 Å². The molecule has 0 saturated heterocycles. The van der Waals surface area contributed by atoms with Gasteiger partial charge in [-0.1, -0.05) is 24.3 Å². The fraction of sp³-hybridized carbons (Fsp3) is 0. The second-order valence-electron chi connectivity index (χ2n) is 3.08. The smallest absolute Gasteiger partial charge is 0.0991 e. The number of nitrogens with zero attached hydrogens (tertiary/aromatic N) is 1. The van der Waals surface area contributed by atoms with Crippen LogP contribution in [0.4, 0.5) is 0 Å². The van der Waals surface area contributed by atoms with Crippen molar-refractivity contribution in [2.24, 2.45) is 0 Å². The predicted octanol–water partition coefficient (Wildman–Crippen LogP) is 3.79. The molecule has 2 heteroatoms. The van der Waals surface area contributed by atoms with Crippen molar-refractivity contribution in [3.63, 3.8) is 0 Å². The summed E-state index contributed by atoms with van der Waals surface area (Å²) in [6.07, 6.45) is 4.12. The molecule has 0 amide bonds. The number of hydrogen-bond donors (Lipinski definition) is 0. The lowest BCUT2D eigenvalue weighted by Crippen LogP contribution is -1.74. The first-order chi connectivity index (χ1) is 7.38. The Labute approximate surface area is 92.9 Å². The van der Waals surface area contributed by atoms with Gasteiger partial charge in [0, 0.05) is 4.88 Å². The van der Waals surface area contributed by atoms with Crippen molar-refractivity contribution in [1.82, 2.24) is 0 Å². The molecule has 0 unspecified atom stereocenters. The lowest BCUT2D eigenvalue weighted by atomic mass is 10.1. The molecule has 1 heterocycles. The van der Waals surface area contributed by atoms with E-state index in [0.717, 1.165) is 5.56 Å². The molecule has 0 atom stereocenters. The molecule has 0 aliphatic rings. The molecular weight excluding hydrogens is 202 g/mol. The van der Waals surface area contributed by atoms with Gasteiger partial charge in [-0.3, -0.25) is 0 Å². The van der Waals surface area contributed by atoms with Crippen LogP contribution in [0.5, 0.6) is 0 Å². The summed E-state index contributed by atoms with van der Waals surface area (Å²) in [6.45, 7) is 0. The molecule has 72 valence electrons. The summed E-state index contributed by atoms with van der Waals surface area (Å²) in [6, 6.07) is 13.8. The van der Waals surface area contributed by atoms with E-state index in [4.69, 9.17) is 5.26 Å². The maximum absolute atomic E-state index is 8.64. The molecule has 2 rings (SSSR count). The first-order valence-corrected chi connectivity index (χ1v) is 5.48. The van der Waals surface area contributed by atoms with Crippen molar-refractivity contribution in [3.05, 3.63) is 57.8 Å². The zero-order valence-corrected chi connectivity index (χ0v) is 8.87. The molecule has 15 heavy (non-hydrogen) atoms. The first kappa shape index (κ1) is 9.70. The van der Waals surface area contributed by atoms with Crippen LogP contribution in [0.15, 0.2) is 41.8 Å². The SMILES string of the molecule is N#Cc1ccc(/C=C/c2cccs2)cc1. The van der Waals surface area contributed by atoms with E-state index in [1.165, 1.54) is 4.88 Å². The summed E-state index contributed by atoms with van der Waals surface area (Å²) in [7, 11) is 0. The van der Waals surface area contributed by atoms with Gasteiger partial charge in [0.15, 0.2) is 0 Å². The highest BCUT2D eigenvalue weighted by Gasteiger charge is 1.90. The fourth-order valence-corrected chi connectivity index (χ4v) is 1.85. The van der Waals surface area contributed by atoms with Gasteiger partial charge in [0.1, 0.15) is 0 Å². The van der Waals surface area contributed by atoms with E-state index in [0.29, 0.717) is 5.56 Å². The fourth-order valence-electron chi connectivity index (χ4n) is 1.23. The minimum atomic E-state index is 0.697. The van der Waals surface area contributed by atoms with E-state index in [2.05, 4.69) is 23.6 Å². The van der Waals surface area contributed by atoms with Crippen LogP contribution in [0.3, 0.4) is 0 Å². The summed E-state index contributed by atoms with van der Waals surface area (Å²) in [5.41, 5.74) is 1.81. The van der Waals surface area contributed by atoms with Crippen LogP contribution >= 0.6 is 11.3 Å². The molecule has 0 aliphatic carbocycles. The number of hydrogen-bond acceptors (Lipinski definition) is 2. The number of benzene rings is 1. The molecule has 0 bridgehead atoms. The Morgan fingerprint density at radius 3 is 2.47 bits per heavy atom. The Morgan fingerprint density at radius 1 is 1.07 bits per heavy atom. The third-order valence-electron chi connectivity index (χ3n) is 2.02. The van der Waals surface area contributed by atoms with Crippen LogP contribution in [0.2, 0.25) is 0 Å². The Kier molecular flexibility index (Phi) is 2.96. The maximum atomic E-state index is 8.64. The number of rotatable bonds is 2. The minimum absolute atomic E-state index is 0.697. The van der Waals surface area contributed by atoms with Crippen LogP contribution in [0.1, 0.15) is 16.0 Å². The molecule has 0 N–H and O–H groups in total. The van der Waals surface area contributed by atoms with E-state index in [9.17, 15) is 0 Å². The van der Waals surface area contributed by atoms with E-state index >= 15 is 0 Å². The van der Waals surface area contributed by atoms with E-state index < -0.39 is 0 Å². The van der Waals surface area contributed by atoms with E-state index in [-0.39, 0.29) is 0 Å². The second-order valence-corrected chi connectivity index (χ2v) is 4.06. The molecular formula is C13H9NS. The van der Waals surface area contributed by atoms with Crippen molar-refractivity contribution in [1.29, 1.82) is 5.26 Å². The molecule has 1 nitrogen and oxygen atoms in total. The van der Waals surface area contributed by atoms with Gasteiger partial charge in [0.25, 0.3) is 0 Å². The monoisotopic (exact) mass is 211 g/mol. The third kappa shape index (κ3) is 2.55. The molecule has 1 aromatic carbocycles. The van der Waals surface area contributed by atoms with Gasteiger partial charge in [-0.25, -0.2) is 0 Å². The van der Waals surface area contributed by atoms with Crippen LogP contribution in [-0.4, -0.2) is 0 Å². The Morgan fingerprint density at radius 2 is 1.87 bits per heavy atom. The quantitative estimate of drug-likeness (QED) is 0.741. The first-order valence-electron chi connectivity index (χ1n) is 4.60. The van der Waals surface area contributed by atoms with E-state index in [1.54, 1.807) is 11.3 Å². The molecule has 0 fully saturated rings. The third-order valence-corrected chi connectivity index (χ3v) is 2.86. The van der Waals surface area contributed by atoms with Crippen molar-refractivity contribution >= 4 is 23.5 Å². The number of nitriles is 1. The normalized spacial score (nSPS) is 10.3. The number of thiophene rings is 1. The summed E-state index contributed by atoms with van der Waals surface area (Å²) in [5.74, 6) is 0. The highest BCUT2D eigenvalue weighted by molar-refractivity contribution is 7.10. The lowest BCUT2D eigenvalue weighted by Gasteiger charge is -1.92. The van der Waals surface area contributed by atoms with Gasteiger partial charge in [-0.2, -0.15) is 5.26 Å². The average Bonchev–Trinajstić information content (AvgIpc) is 2.80. The van der Waals surface area contributed by atoms with Crippen molar-refractivity contribution in [2.45, 2.75) is 0 Å². The van der Waals surface area contributed by atoms with Gasteiger partial charge in [-0.15, -0.1) is 11.3 Å². The Hall–Kier alpha value is -1.85. The van der Waals surface area contributed by atoms with Gasteiger partial charge in [0.2, 0.25) is 0 Å². The molecule has 0 radical (unpaired) electrons. The maximum Gasteiger partial charge on any atom is 0.0991 e. The second kappa shape index (κ2) is 4.59. The Balaban J connectivity index is 2.15. The van der Waals surface area contributed by atoms with Gasteiger partial charge in [0.05, 0.1) is 11.6 Å². The summed E-state index contributed by atoms with van der Waals surface area (Å²) in [4.78, 5) is 1.24. The highest BCUT2D eigenvalue weighted by Crippen LogP contribution is 2.13. The largest absolute Gasteiger partial charge is 0.192 e. The molecule has 2 aromatic rings. The van der Waals surface area contributed by atoms with Gasteiger partial charge >= 0.3 is 0 Å². The van der Waals surface area contributed by atoms with Crippen LogP contribution in [0.25, 0.3) is 12.2 Å². The van der Waals surface area contributed by atoms with Gasteiger partial charge in [-0.05, 0) is 35.2 Å². The van der Waals surface area contributed by atoms with Crippen molar-refractivity contribution in [2.75, 3.05) is 0 Å². The zero-order valence-electron chi connectivity index (χ0n) is 8.05. The van der Waals surface area contributed by atoms with Gasteiger partial charge < -0.3 is 0 Å². The van der Waals surface area contributed by atoms with Crippen molar-refractivity contribution in [3.8, 4) is 6.07 Å². The molecule has 1 aromatic heterocycles. The molecule has 0 spiro atoms. The van der Waals surface area contributed by atoms with Crippen LogP contribution < -0.4 is 0 Å². The van der Waals surface area contributed by atoms with Crippen molar-refractivity contribution < 1.29 is 0 Å². The zero-order chi connectivity index (χ0) is 10.5.